The first-order valence-electron chi connectivity index (χ1n) is 4.12. The lowest BCUT2D eigenvalue weighted by Gasteiger charge is -2.22. The number of aromatic nitrogens is 3. The summed E-state index contributed by atoms with van der Waals surface area (Å²) in [7, 11) is 1.52. The zero-order chi connectivity index (χ0) is 10.8. The first kappa shape index (κ1) is 10.6. The van der Waals surface area contributed by atoms with Crippen LogP contribution in [-0.2, 0) is 21.7 Å². The van der Waals surface area contributed by atoms with Crippen LogP contribution >= 0.6 is 0 Å². The number of carboxylic acids is 1. The zero-order valence-electron chi connectivity index (χ0n) is 8.39. The van der Waals surface area contributed by atoms with Crippen LogP contribution in [0.4, 0.5) is 0 Å². The van der Waals surface area contributed by atoms with Crippen molar-refractivity contribution in [2.45, 2.75) is 26.0 Å². The molecule has 1 rings (SSSR count). The highest BCUT2D eigenvalue weighted by Crippen LogP contribution is 2.16. The summed E-state index contributed by atoms with van der Waals surface area (Å²) < 4.78 is 6.37. The maximum Gasteiger partial charge on any atom is 0.329 e. The third kappa shape index (κ3) is 1.74. The maximum absolute atomic E-state index is 11.0. The van der Waals surface area contributed by atoms with Crippen LogP contribution in [0.25, 0.3) is 0 Å². The minimum absolute atomic E-state index is 0.247. The van der Waals surface area contributed by atoms with Crippen LogP contribution in [0.15, 0.2) is 6.33 Å². The molecule has 0 radical (unpaired) electrons. The number of hydrogen-bond donors (Lipinski definition) is 1. The molecule has 0 aliphatic heterocycles. The fraction of sp³-hybridized carbons (Fsp3) is 0.625. The third-order valence-corrected chi connectivity index (χ3v) is 2.02. The van der Waals surface area contributed by atoms with Crippen LogP contribution in [-0.4, -0.2) is 33.0 Å². The molecule has 78 valence electrons. The molecule has 14 heavy (non-hydrogen) atoms. The molecule has 0 amide bonds. The van der Waals surface area contributed by atoms with E-state index in [0.717, 1.165) is 0 Å². The van der Waals surface area contributed by atoms with E-state index >= 15 is 0 Å². The van der Waals surface area contributed by atoms with Crippen molar-refractivity contribution in [2.24, 2.45) is 0 Å². The number of carboxylic acid groups (broad SMARTS) is 1. The van der Waals surface area contributed by atoms with Gasteiger partial charge in [-0.3, -0.25) is 4.57 Å². The Bertz CT molecular complexity index is 332. The fourth-order valence-electron chi connectivity index (χ4n) is 1.06. The summed E-state index contributed by atoms with van der Waals surface area (Å²) in [4.78, 5) is 11.0. The molecule has 6 heteroatoms. The van der Waals surface area contributed by atoms with Crippen LogP contribution < -0.4 is 0 Å². The zero-order valence-corrected chi connectivity index (χ0v) is 8.39. The average molecular weight is 199 g/mol. The van der Waals surface area contributed by atoms with E-state index in [-0.39, 0.29) is 6.61 Å². The minimum Gasteiger partial charge on any atom is -0.480 e. The van der Waals surface area contributed by atoms with Gasteiger partial charge in [0.25, 0.3) is 0 Å². The number of nitrogens with zero attached hydrogens (tertiary/aromatic N) is 3. The van der Waals surface area contributed by atoms with Gasteiger partial charge in [0.15, 0.2) is 5.82 Å². The van der Waals surface area contributed by atoms with E-state index in [2.05, 4.69) is 10.2 Å². The van der Waals surface area contributed by atoms with Crippen LogP contribution in [0, 0.1) is 0 Å². The molecule has 1 aromatic rings. The Balaban J connectivity index is 3.05. The molecule has 1 N–H and O–H groups in total. The van der Waals surface area contributed by atoms with Gasteiger partial charge in [-0.25, -0.2) is 4.79 Å². The first-order valence-corrected chi connectivity index (χ1v) is 4.12. The number of aliphatic carboxylic acids is 1. The molecule has 0 aromatic carbocycles. The van der Waals surface area contributed by atoms with Gasteiger partial charge in [0.05, 0.1) is 0 Å². The normalized spacial score (nSPS) is 11.6. The van der Waals surface area contributed by atoms with Crippen molar-refractivity contribution in [2.75, 3.05) is 7.11 Å². The largest absolute Gasteiger partial charge is 0.480 e. The molecule has 0 atom stereocenters. The second-order valence-electron chi connectivity index (χ2n) is 3.41. The Kier molecular flexibility index (Phi) is 2.85. The summed E-state index contributed by atoms with van der Waals surface area (Å²) in [6, 6.07) is 0. The Morgan fingerprint density at radius 3 is 2.86 bits per heavy atom. The molecule has 6 nitrogen and oxygen atoms in total. The van der Waals surface area contributed by atoms with Gasteiger partial charge >= 0.3 is 5.97 Å². The molecule has 0 fully saturated rings. The Morgan fingerprint density at radius 1 is 1.71 bits per heavy atom. The lowest BCUT2D eigenvalue weighted by molar-refractivity contribution is -0.145. The Morgan fingerprint density at radius 2 is 2.36 bits per heavy atom. The molecule has 0 aliphatic carbocycles. The molecular weight excluding hydrogens is 186 g/mol. The molecule has 0 saturated heterocycles. The smallest absolute Gasteiger partial charge is 0.329 e. The van der Waals surface area contributed by atoms with Gasteiger partial charge in [0.1, 0.15) is 18.5 Å². The van der Waals surface area contributed by atoms with E-state index in [1.807, 2.05) is 0 Å². The van der Waals surface area contributed by atoms with Crippen LogP contribution in [0.5, 0.6) is 0 Å². The summed E-state index contributed by atoms with van der Waals surface area (Å²) in [5.74, 6) is -0.436. The molecule has 0 saturated carbocycles. The van der Waals surface area contributed by atoms with Gasteiger partial charge in [-0.2, -0.15) is 0 Å². The molecular formula is C8H13N3O3. The minimum atomic E-state index is -1.06. The summed E-state index contributed by atoms with van der Waals surface area (Å²) in [6.07, 6.45) is 1.39. The number of ether oxygens (including phenoxy) is 1. The number of carbonyl (C=O) groups is 1. The summed E-state index contributed by atoms with van der Waals surface area (Å²) in [5.41, 5.74) is -1.06. The van der Waals surface area contributed by atoms with Gasteiger partial charge in [0, 0.05) is 7.11 Å². The lowest BCUT2D eigenvalue weighted by atomic mass is 10.1. The number of rotatable bonds is 4. The van der Waals surface area contributed by atoms with E-state index in [1.54, 1.807) is 13.8 Å². The first-order chi connectivity index (χ1) is 6.50. The van der Waals surface area contributed by atoms with Gasteiger partial charge in [-0.05, 0) is 13.8 Å². The van der Waals surface area contributed by atoms with E-state index in [0.29, 0.717) is 5.82 Å². The predicted octanol–water partition coefficient (Wildman–Crippen LogP) is 0.244. The highest BCUT2D eigenvalue weighted by molar-refractivity contribution is 5.75. The standard InChI is InChI=1S/C8H13N3O3/c1-8(2,7(12)13)11-5-9-10-6(11)4-14-3/h5H,4H2,1-3H3,(H,12,13). The summed E-state index contributed by atoms with van der Waals surface area (Å²) in [6.45, 7) is 3.41. The SMILES string of the molecule is COCc1nncn1C(C)(C)C(=O)O. The number of methoxy groups -OCH3 is 1. The van der Waals surface area contributed by atoms with Gasteiger partial charge in [-0.15, -0.1) is 10.2 Å². The fourth-order valence-corrected chi connectivity index (χ4v) is 1.06. The molecule has 0 unspecified atom stereocenters. The molecule has 1 aromatic heterocycles. The summed E-state index contributed by atoms with van der Waals surface area (Å²) >= 11 is 0. The van der Waals surface area contributed by atoms with E-state index in [9.17, 15) is 4.79 Å². The second kappa shape index (κ2) is 3.75. The van der Waals surface area contributed by atoms with Crippen molar-refractivity contribution in [3.63, 3.8) is 0 Å². The highest BCUT2D eigenvalue weighted by Gasteiger charge is 2.31. The molecule has 0 aliphatic rings. The van der Waals surface area contributed by atoms with Crippen LogP contribution in [0.1, 0.15) is 19.7 Å². The predicted molar refractivity (Wildman–Crippen MR) is 47.7 cm³/mol. The molecule has 0 bridgehead atoms. The maximum atomic E-state index is 11.0. The van der Waals surface area contributed by atoms with Crippen LogP contribution in [0.3, 0.4) is 0 Å². The Labute approximate surface area is 81.5 Å². The third-order valence-electron chi connectivity index (χ3n) is 2.02. The lowest BCUT2D eigenvalue weighted by Crippen LogP contribution is -2.36. The van der Waals surface area contributed by atoms with Gasteiger partial charge in [-0.1, -0.05) is 0 Å². The number of hydrogen-bond acceptors (Lipinski definition) is 4. The van der Waals surface area contributed by atoms with E-state index in [4.69, 9.17) is 9.84 Å². The Hall–Kier alpha value is -1.43. The average Bonchev–Trinajstić information content (AvgIpc) is 2.53. The topological polar surface area (TPSA) is 77.2 Å². The van der Waals surface area contributed by atoms with E-state index < -0.39 is 11.5 Å². The van der Waals surface area contributed by atoms with Crippen molar-refractivity contribution in [3.05, 3.63) is 12.2 Å². The summed E-state index contributed by atoms with van der Waals surface area (Å²) in [5, 5.41) is 16.4. The monoisotopic (exact) mass is 199 g/mol. The van der Waals surface area contributed by atoms with Crippen molar-refractivity contribution >= 4 is 5.97 Å². The van der Waals surface area contributed by atoms with Crippen molar-refractivity contribution in [1.29, 1.82) is 0 Å². The van der Waals surface area contributed by atoms with Crippen molar-refractivity contribution < 1.29 is 14.6 Å². The quantitative estimate of drug-likeness (QED) is 0.751. The molecule has 0 spiro atoms. The van der Waals surface area contributed by atoms with E-state index in [1.165, 1.54) is 18.0 Å². The van der Waals surface area contributed by atoms with Crippen molar-refractivity contribution in [1.82, 2.24) is 14.8 Å². The van der Waals surface area contributed by atoms with Crippen molar-refractivity contribution in [3.8, 4) is 0 Å². The van der Waals surface area contributed by atoms with Crippen LogP contribution in [0.2, 0.25) is 0 Å². The van der Waals surface area contributed by atoms with Gasteiger partial charge < -0.3 is 9.84 Å². The second-order valence-corrected chi connectivity index (χ2v) is 3.41. The van der Waals surface area contributed by atoms with Gasteiger partial charge in [0.2, 0.25) is 0 Å². The highest BCUT2D eigenvalue weighted by atomic mass is 16.5. The molecule has 1 heterocycles.